The van der Waals surface area contributed by atoms with Gasteiger partial charge >= 0.3 is 0 Å². The number of hydrogen-bond donors (Lipinski definition) is 1. The molecule has 2 aromatic rings. The second kappa shape index (κ2) is 6.11. The molecule has 0 spiro atoms. The maximum Gasteiger partial charge on any atom is 0.231 e. The summed E-state index contributed by atoms with van der Waals surface area (Å²) >= 11 is 4.97. The summed E-state index contributed by atoms with van der Waals surface area (Å²) in [6.45, 7) is 1.30. The predicted molar refractivity (Wildman–Crippen MR) is 83.4 cm³/mol. The fraction of sp³-hybridized carbons (Fsp3) is 0.188. The number of hydrogen-bond acceptors (Lipinski definition) is 4. The molecule has 4 nitrogen and oxygen atoms in total. The molecule has 3 rings (SSSR count). The molecule has 0 bridgehead atoms. The number of benzene rings is 2. The number of thiocarbonyl (C=S) groups is 1. The Bertz CT molecular complexity index is 672. The van der Waals surface area contributed by atoms with Gasteiger partial charge in [0.05, 0.1) is 13.2 Å². The molecule has 21 heavy (non-hydrogen) atoms. The minimum Gasteiger partial charge on any atom is -0.454 e. The lowest BCUT2D eigenvalue weighted by molar-refractivity contribution is 0.107. The van der Waals surface area contributed by atoms with Crippen molar-refractivity contribution in [3.8, 4) is 11.5 Å². The van der Waals surface area contributed by atoms with Crippen LogP contribution in [0.15, 0.2) is 42.5 Å². The van der Waals surface area contributed by atoms with Crippen molar-refractivity contribution in [2.24, 2.45) is 5.73 Å². The van der Waals surface area contributed by atoms with Crippen LogP contribution >= 0.6 is 12.2 Å². The highest BCUT2D eigenvalue weighted by Gasteiger charge is 2.13. The van der Waals surface area contributed by atoms with E-state index >= 15 is 0 Å². The lowest BCUT2D eigenvalue weighted by Gasteiger charge is -2.07. The smallest absolute Gasteiger partial charge is 0.231 e. The highest BCUT2D eigenvalue weighted by molar-refractivity contribution is 7.80. The molecule has 0 atom stereocenters. The summed E-state index contributed by atoms with van der Waals surface area (Å²) in [5.74, 6) is 1.55. The normalized spacial score (nSPS) is 12.4. The van der Waals surface area contributed by atoms with Gasteiger partial charge in [-0.1, -0.05) is 36.5 Å². The lowest BCUT2D eigenvalue weighted by atomic mass is 10.1. The zero-order valence-electron chi connectivity index (χ0n) is 11.4. The maximum absolute atomic E-state index is 5.72. The molecule has 1 heterocycles. The first-order valence-electron chi connectivity index (χ1n) is 6.57. The Labute approximate surface area is 128 Å². The molecule has 0 saturated carbocycles. The van der Waals surface area contributed by atoms with Crippen molar-refractivity contribution in [1.82, 2.24) is 0 Å². The average molecular weight is 301 g/mol. The van der Waals surface area contributed by atoms with Crippen LogP contribution in [0.4, 0.5) is 0 Å². The predicted octanol–water partition coefficient (Wildman–Crippen LogP) is 2.77. The third-order valence-electron chi connectivity index (χ3n) is 3.19. The Morgan fingerprint density at radius 2 is 1.81 bits per heavy atom. The van der Waals surface area contributed by atoms with E-state index in [2.05, 4.69) is 0 Å². The highest BCUT2D eigenvalue weighted by Crippen LogP contribution is 2.32. The van der Waals surface area contributed by atoms with Gasteiger partial charge in [0.2, 0.25) is 6.79 Å². The standard InChI is InChI=1S/C16H15NO3S/c17-16(21)13-3-1-2-11(6-13)8-18-9-12-4-5-14-15(7-12)20-10-19-14/h1-7H,8-10H2,(H2,17,21). The molecule has 2 aromatic carbocycles. The number of ether oxygens (including phenoxy) is 3. The monoisotopic (exact) mass is 301 g/mol. The van der Waals surface area contributed by atoms with E-state index in [1.165, 1.54) is 0 Å². The SMILES string of the molecule is NC(=S)c1cccc(COCc2ccc3c(c2)OCO3)c1. The van der Waals surface area contributed by atoms with E-state index in [0.29, 0.717) is 18.2 Å². The number of rotatable bonds is 5. The lowest BCUT2D eigenvalue weighted by Crippen LogP contribution is -2.09. The van der Waals surface area contributed by atoms with Crippen LogP contribution in [0.25, 0.3) is 0 Å². The summed E-state index contributed by atoms with van der Waals surface area (Å²) in [6.07, 6.45) is 0. The van der Waals surface area contributed by atoms with Crippen molar-refractivity contribution in [3.63, 3.8) is 0 Å². The third kappa shape index (κ3) is 3.32. The zero-order valence-corrected chi connectivity index (χ0v) is 12.2. The molecule has 0 radical (unpaired) electrons. The minimum atomic E-state index is 0.283. The van der Waals surface area contributed by atoms with Gasteiger partial charge in [0, 0.05) is 5.56 Å². The summed E-state index contributed by atoms with van der Waals surface area (Å²) < 4.78 is 16.3. The van der Waals surface area contributed by atoms with Crippen molar-refractivity contribution in [2.45, 2.75) is 13.2 Å². The minimum absolute atomic E-state index is 0.283. The first-order valence-corrected chi connectivity index (χ1v) is 6.98. The summed E-state index contributed by atoms with van der Waals surface area (Å²) in [7, 11) is 0. The molecule has 1 aliphatic rings. The van der Waals surface area contributed by atoms with Crippen LogP contribution in [0.3, 0.4) is 0 Å². The largest absolute Gasteiger partial charge is 0.454 e. The van der Waals surface area contributed by atoms with Crippen LogP contribution in [0, 0.1) is 0 Å². The number of fused-ring (bicyclic) bond motifs is 1. The quantitative estimate of drug-likeness (QED) is 0.861. The molecule has 5 heteroatoms. The molecule has 0 unspecified atom stereocenters. The van der Waals surface area contributed by atoms with Gasteiger partial charge in [-0.2, -0.15) is 0 Å². The fourth-order valence-corrected chi connectivity index (χ4v) is 2.26. The molecule has 0 saturated heterocycles. The molecule has 2 N–H and O–H groups in total. The van der Waals surface area contributed by atoms with Gasteiger partial charge in [0.15, 0.2) is 11.5 Å². The van der Waals surface area contributed by atoms with E-state index in [1.54, 1.807) is 0 Å². The van der Waals surface area contributed by atoms with Gasteiger partial charge in [-0.25, -0.2) is 0 Å². The van der Waals surface area contributed by atoms with Crippen molar-refractivity contribution in [2.75, 3.05) is 6.79 Å². The fourth-order valence-electron chi connectivity index (χ4n) is 2.13. The second-order valence-corrected chi connectivity index (χ2v) is 5.18. The van der Waals surface area contributed by atoms with E-state index < -0.39 is 0 Å². The van der Waals surface area contributed by atoms with E-state index in [4.69, 9.17) is 32.2 Å². The molecular weight excluding hydrogens is 286 g/mol. The van der Waals surface area contributed by atoms with Crippen LogP contribution in [0.5, 0.6) is 11.5 Å². The van der Waals surface area contributed by atoms with Gasteiger partial charge in [-0.05, 0) is 29.3 Å². The Hall–Kier alpha value is -2.11. The van der Waals surface area contributed by atoms with Crippen molar-refractivity contribution in [3.05, 3.63) is 59.2 Å². The van der Waals surface area contributed by atoms with Crippen molar-refractivity contribution in [1.29, 1.82) is 0 Å². The Balaban J connectivity index is 1.59. The van der Waals surface area contributed by atoms with Crippen molar-refractivity contribution >= 4 is 17.2 Å². The molecule has 0 amide bonds. The molecule has 0 aromatic heterocycles. The van der Waals surface area contributed by atoms with Crippen LogP contribution in [0.1, 0.15) is 16.7 Å². The summed E-state index contributed by atoms with van der Waals surface area (Å²) in [6, 6.07) is 13.6. The van der Waals surface area contributed by atoms with Crippen molar-refractivity contribution < 1.29 is 14.2 Å². The molecule has 0 aliphatic carbocycles. The Morgan fingerprint density at radius 1 is 1.05 bits per heavy atom. The summed E-state index contributed by atoms with van der Waals surface area (Å²) in [5.41, 5.74) is 8.56. The van der Waals surface area contributed by atoms with E-state index in [1.807, 2.05) is 42.5 Å². The van der Waals surface area contributed by atoms with Gasteiger partial charge in [-0.3, -0.25) is 0 Å². The first kappa shape index (κ1) is 13.9. The number of nitrogens with two attached hydrogens (primary N) is 1. The van der Waals surface area contributed by atoms with Crippen LogP contribution in [-0.4, -0.2) is 11.8 Å². The second-order valence-electron chi connectivity index (χ2n) is 4.75. The van der Waals surface area contributed by atoms with Crippen LogP contribution in [-0.2, 0) is 18.0 Å². The Kier molecular flexibility index (Phi) is 4.03. The van der Waals surface area contributed by atoms with Crippen LogP contribution in [0.2, 0.25) is 0 Å². The summed E-state index contributed by atoms with van der Waals surface area (Å²) in [4.78, 5) is 0.396. The Morgan fingerprint density at radius 3 is 2.62 bits per heavy atom. The van der Waals surface area contributed by atoms with Crippen LogP contribution < -0.4 is 15.2 Å². The van der Waals surface area contributed by atoms with Gasteiger partial charge < -0.3 is 19.9 Å². The summed E-state index contributed by atoms with van der Waals surface area (Å²) in [5, 5.41) is 0. The molecule has 108 valence electrons. The third-order valence-corrected chi connectivity index (χ3v) is 3.42. The van der Waals surface area contributed by atoms with Gasteiger partial charge in [-0.15, -0.1) is 0 Å². The molecule has 0 fully saturated rings. The molecule has 1 aliphatic heterocycles. The maximum atomic E-state index is 5.72. The van der Waals surface area contributed by atoms with E-state index in [9.17, 15) is 0 Å². The highest BCUT2D eigenvalue weighted by atomic mass is 32.1. The average Bonchev–Trinajstić information content (AvgIpc) is 2.95. The van der Waals surface area contributed by atoms with Gasteiger partial charge in [0.25, 0.3) is 0 Å². The van der Waals surface area contributed by atoms with Gasteiger partial charge in [0.1, 0.15) is 4.99 Å². The first-order chi connectivity index (χ1) is 10.2. The van der Waals surface area contributed by atoms with E-state index in [0.717, 1.165) is 28.2 Å². The van der Waals surface area contributed by atoms with E-state index in [-0.39, 0.29) is 6.79 Å². The molecular formula is C16H15NO3S. The zero-order chi connectivity index (χ0) is 14.7. The topological polar surface area (TPSA) is 53.7 Å².